The Hall–Kier alpha value is -1.42. The summed E-state index contributed by atoms with van der Waals surface area (Å²) < 4.78 is 13.9. The molecule has 0 unspecified atom stereocenters. The van der Waals surface area contributed by atoms with Crippen molar-refractivity contribution in [3.63, 3.8) is 0 Å². The highest BCUT2D eigenvalue weighted by Gasteiger charge is 2.58. The van der Waals surface area contributed by atoms with Crippen LogP contribution in [-0.2, 0) is 4.79 Å². The second-order valence-electron chi connectivity index (χ2n) is 9.19. The molecule has 0 aromatic heterocycles. The average molecular weight is 371 g/mol. The van der Waals surface area contributed by atoms with Gasteiger partial charge in [0.05, 0.1) is 0 Å². The van der Waals surface area contributed by atoms with Crippen molar-refractivity contribution in [3.8, 4) is 0 Å². The van der Waals surface area contributed by atoms with Crippen LogP contribution in [0.25, 0.3) is 0 Å². The van der Waals surface area contributed by atoms with Crippen molar-refractivity contribution in [2.24, 2.45) is 17.8 Å². The molecule has 3 nitrogen and oxygen atoms in total. The van der Waals surface area contributed by atoms with Crippen molar-refractivity contribution in [2.75, 3.05) is 13.1 Å². The highest BCUT2D eigenvalue weighted by Crippen LogP contribution is 2.56. The zero-order chi connectivity index (χ0) is 18.4. The van der Waals surface area contributed by atoms with Crippen molar-refractivity contribution in [2.45, 2.75) is 69.4 Å². The van der Waals surface area contributed by atoms with E-state index in [9.17, 15) is 9.18 Å². The Labute approximate surface area is 161 Å². The van der Waals surface area contributed by atoms with Gasteiger partial charge in [-0.2, -0.15) is 0 Å². The van der Waals surface area contributed by atoms with Crippen molar-refractivity contribution >= 4 is 5.91 Å². The van der Waals surface area contributed by atoms with Crippen molar-refractivity contribution in [1.29, 1.82) is 0 Å². The zero-order valence-corrected chi connectivity index (χ0v) is 16.1. The molecule has 2 heterocycles. The topological polar surface area (TPSA) is 32.3 Å². The van der Waals surface area contributed by atoms with Crippen LogP contribution in [0.2, 0.25) is 0 Å². The summed E-state index contributed by atoms with van der Waals surface area (Å²) >= 11 is 0. The number of nitrogens with zero attached hydrogens (tertiary/aromatic N) is 1. The molecule has 0 bridgehead atoms. The van der Waals surface area contributed by atoms with E-state index < -0.39 is 0 Å². The van der Waals surface area contributed by atoms with Crippen LogP contribution < -0.4 is 5.32 Å². The number of carbonyl (C=O) groups excluding carboxylic acids is 1. The van der Waals surface area contributed by atoms with Gasteiger partial charge in [0.1, 0.15) is 5.82 Å². The Bertz CT molecular complexity index is 695. The Kier molecular flexibility index (Phi) is 4.71. The number of amides is 1. The van der Waals surface area contributed by atoms with E-state index in [1.807, 2.05) is 12.1 Å². The van der Waals surface area contributed by atoms with Gasteiger partial charge in [-0.1, -0.05) is 37.8 Å². The quantitative estimate of drug-likeness (QED) is 0.850. The summed E-state index contributed by atoms with van der Waals surface area (Å²) in [6, 6.07) is 7.57. The molecule has 1 N–H and O–H groups in total. The van der Waals surface area contributed by atoms with Crippen LogP contribution in [0.15, 0.2) is 24.3 Å². The molecular weight excluding hydrogens is 339 g/mol. The van der Waals surface area contributed by atoms with Crippen LogP contribution >= 0.6 is 0 Å². The fourth-order valence-electron chi connectivity index (χ4n) is 6.31. The molecule has 27 heavy (non-hydrogen) atoms. The number of halogens is 1. The van der Waals surface area contributed by atoms with Crippen LogP contribution in [0.3, 0.4) is 0 Å². The molecule has 1 aromatic rings. The molecule has 2 saturated carbocycles. The van der Waals surface area contributed by atoms with Gasteiger partial charge < -0.3 is 10.2 Å². The molecular formula is C23H31FN2O. The third-order valence-corrected chi connectivity index (χ3v) is 7.70. The molecule has 4 heteroatoms. The first kappa shape index (κ1) is 17.7. The number of nitrogens with one attached hydrogen (secondary N) is 1. The molecule has 2 aliphatic carbocycles. The van der Waals surface area contributed by atoms with E-state index >= 15 is 0 Å². The molecule has 1 amide bonds. The summed E-state index contributed by atoms with van der Waals surface area (Å²) in [5.74, 6) is 2.02. The lowest BCUT2D eigenvalue weighted by Crippen LogP contribution is -2.47. The van der Waals surface area contributed by atoms with Crippen molar-refractivity contribution in [1.82, 2.24) is 10.2 Å². The van der Waals surface area contributed by atoms with E-state index in [1.54, 1.807) is 6.07 Å². The monoisotopic (exact) mass is 370 g/mol. The molecule has 2 aliphatic heterocycles. The number of fused-ring (bicyclic) bond motifs is 2. The first-order valence-electron chi connectivity index (χ1n) is 11.0. The van der Waals surface area contributed by atoms with Gasteiger partial charge in [-0.25, -0.2) is 4.39 Å². The summed E-state index contributed by atoms with van der Waals surface area (Å²) in [5, 5.41) is 3.74. The molecule has 5 atom stereocenters. The minimum Gasteiger partial charge on any atom is -0.337 e. The number of hydrogen-bond acceptors (Lipinski definition) is 2. The third kappa shape index (κ3) is 3.20. The van der Waals surface area contributed by atoms with Gasteiger partial charge in [0, 0.05) is 30.5 Å². The second-order valence-corrected chi connectivity index (χ2v) is 9.19. The zero-order valence-electron chi connectivity index (χ0n) is 16.1. The first-order valence-corrected chi connectivity index (χ1v) is 11.0. The maximum Gasteiger partial charge on any atom is 0.226 e. The predicted molar refractivity (Wildman–Crippen MR) is 104 cm³/mol. The van der Waals surface area contributed by atoms with Crippen LogP contribution in [0.4, 0.5) is 4.39 Å². The largest absolute Gasteiger partial charge is 0.337 e. The molecule has 4 aliphatic rings. The van der Waals surface area contributed by atoms with Gasteiger partial charge in [-0.05, 0) is 61.8 Å². The van der Waals surface area contributed by atoms with Gasteiger partial charge in [0.25, 0.3) is 0 Å². The minimum atomic E-state index is -0.173. The van der Waals surface area contributed by atoms with Crippen molar-refractivity contribution in [3.05, 3.63) is 35.6 Å². The lowest BCUT2D eigenvalue weighted by atomic mass is 9.88. The van der Waals surface area contributed by atoms with Gasteiger partial charge in [0.15, 0.2) is 0 Å². The predicted octanol–water partition coefficient (Wildman–Crippen LogP) is 4.09. The molecule has 0 spiro atoms. The molecule has 2 saturated heterocycles. The SMILES string of the molecule is O=C(C1[C@@H]2CCCC[C@@H]12)N1C[C@@H](c2cccc(F)c2)[C@@H]2NCCCCC[C@H]21. The van der Waals surface area contributed by atoms with E-state index in [0.717, 1.165) is 25.1 Å². The van der Waals surface area contributed by atoms with Crippen molar-refractivity contribution < 1.29 is 9.18 Å². The number of rotatable bonds is 2. The minimum absolute atomic E-state index is 0.173. The Morgan fingerprint density at radius 2 is 1.81 bits per heavy atom. The van der Waals surface area contributed by atoms with E-state index in [-0.39, 0.29) is 29.7 Å². The van der Waals surface area contributed by atoms with E-state index in [4.69, 9.17) is 0 Å². The van der Waals surface area contributed by atoms with Crippen LogP contribution in [0.1, 0.15) is 62.8 Å². The van der Waals surface area contributed by atoms with E-state index in [1.165, 1.54) is 51.0 Å². The van der Waals surface area contributed by atoms with E-state index in [2.05, 4.69) is 10.2 Å². The van der Waals surface area contributed by atoms with Crippen LogP contribution in [-0.4, -0.2) is 36.0 Å². The van der Waals surface area contributed by atoms with Gasteiger partial charge in [-0.15, -0.1) is 0 Å². The van der Waals surface area contributed by atoms with Gasteiger partial charge in [-0.3, -0.25) is 4.79 Å². The summed E-state index contributed by atoms with van der Waals surface area (Å²) in [5.41, 5.74) is 1.04. The fraction of sp³-hybridized carbons (Fsp3) is 0.696. The van der Waals surface area contributed by atoms with Gasteiger partial charge in [0.2, 0.25) is 5.91 Å². The Morgan fingerprint density at radius 3 is 2.59 bits per heavy atom. The number of likely N-dealkylation sites (tertiary alicyclic amines) is 1. The summed E-state index contributed by atoms with van der Waals surface area (Å²) in [6.07, 6.45) is 9.78. The third-order valence-electron chi connectivity index (χ3n) is 7.70. The lowest BCUT2D eigenvalue weighted by molar-refractivity contribution is -0.134. The Morgan fingerprint density at radius 1 is 1.04 bits per heavy atom. The molecule has 1 aromatic carbocycles. The average Bonchev–Trinajstić information content (AvgIpc) is 3.28. The van der Waals surface area contributed by atoms with Gasteiger partial charge >= 0.3 is 0 Å². The number of carbonyl (C=O) groups is 1. The van der Waals surface area contributed by atoms with E-state index in [0.29, 0.717) is 17.7 Å². The smallest absolute Gasteiger partial charge is 0.226 e. The number of benzene rings is 1. The van der Waals surface area contributed by atoms with Crippen LogP contribution in [0, 0.1) is 23.6 Å². The maximum absolute atomic E-state index is 13.9. The maximum atomic E-state index is 13.9. The molecule has 4 fully saturated rings. The summed E-state index contributed by atoms with van der Waals surface area (Å²) in [6.45, 7) is 1.75. The normalized spacial score (nSPS) is 38.5. The molecule has 146 valence electrons. The second kappa shape index (κ2) is 7.20. The molecule has 0 radical (unpaired) electrons. The lowest BCUT2D eigenvalue weighted by Gasteiger charge is -2.31. The number of hydrogen-bond donors (Lipinski definition) is 1. The first-order chi connectivity index (χ1) is 13.2. The standard InChI is InChI=1S/C23H31FN2O/c24-16-8-6-7-15(13-16)19-14-26(20-11-2-1-5-12-25-22(19)20)23(27)21-17-9-3-4-10-18(17)21/h6-8,13,17-22,25H,1-5,9-12,14H2/t17-,18-,19+,20-,22+/m1/s1. The fourth-order valence-corrected chi connectivity index (χ4v) is 6.31. The molecule has 5 rings (SSSR count). The highest BCUT2D eigenvalue weighted by atomic mass is 19.1. The summed E-state index contributed by atoms with van der Waals surface area (Å²) in [4.78, 5) is 15.7. The summed E-state index contributed by atoms with van der Waals surface area (Å²) in [7, 11) is 0. The Balaban J connectivity index is 1.41. The highest BCUT2D eigenvalue weighted by molar-refractivity contribution is 5.83. The van der Waals surface area contributed by atoms with Crippen LogP contribution in [0.5, 0.6) is 0 Å².